The van der Waals surface area contributed by atoms with Gasteiger partial charge >= 0.3 is 12.1 Å². The summed E-state index contributed by atoms with van der Waals surface area (Å²) in [4.78, 5) is 21.4. The van der Waals surface area contributed by atoms with Gasteiger partial charge < -0.3 is 15.3 Å². The van der Waals surface area contributed by atoms with E-state index in [1.165, 1.54) is 21.6 Å². The van der Waals surface area contributed by atoms with E-state index in [0.29, 0.717) is 5.69 Å². The van der Waals surface area contributed by atoms with Gasteiger partial charge in [0.15, 0.2) is 0 Å². The van der Waals surface area contributed by atoms with Gasteiger partial charge in [0.2, 0.25) is 0 Å². The third kappa shape index (κ3) is 10.3. The molecule has 0 unspecified atom stereocenters. The van der Waals surface area contributed by atoms with Gasteiger partial charge in [-0.3, -0.25) is 5.32 Å². The molecule has 0 spiro atoms. The van der Waals surface area contributed by atoms with Crippen LogP contribution in [0.4, 0.5) is 10.5 Å². The molecule has 0 fully saturated rings. The predicted molar refractivity (Wildman–Crippen MR) is 91.4 cm³/mol. The van der Waals surface area contributed by atoms with Crippen LogP contribution in [0.15, 0.2) is 28.0 Å². The number of carboxylic acid groups (broad SMARTS) is 2. The fraction of sp³-hybridized carbons (Fsp3) is 0.111. The zero-order chi connectivity index (χ0) is 16.3. The Hall–Kier alpha value is -0.1000. The van der Waals surface area contributed by atoms with Crippen LogP contribution in [0.5, 0.6) is 0 Å². The number of carbonyl (C=O) groups is 2. The molecular weight excluding hydrogens is 401 g/mol. The minimum Gasteiger partial charge on any atom is -0.480 e. The van der Waals surface area contributed by atoms with Crippen molar-refractivity contribution in [3.05, 3.63) is 18.2 Å². The average molecular weight is 410 g/mol. The molecule has 0 aliphatic rings. The molecule has 6 nitrogen and oxygen atoms in total. The summed E-state index contributed by atoms with van der Waals surface area (Å²) >= 11 is 0. The molecule has 1 aromatic rings. The van der Waals surface area contributed by atoms with Crippen LogP contribution < -0.4 is 5.32 Å². The van der Waals surface area contributed by atoms with Gasteiger partial charge in [-0.15, -0.1) is 0 Å². The van der Waals surface area contributed by atoms with Gasteiger partial charge in [-0.05, 0) is 61.2 Å². The summed E-state index contributed by atoms with van der Waals surface area (Å²) in [6.45, 7) is -0.778. The smallest absolute Gasteiger partial charge is 0.409 e. The molecule has 0 aromatic heterocycles. The van der Waals surface area contributed by atoms with E-state index in [2.05, 4.69) is 5.32 Å². The molecule has 21 heavy (non-hydrogen) atoms. The number of hydrogen-bond donors (Lipinski definition) is 4. The minimum absolute atomic E-state index is 0.504. The standard InChI is InChI=1S/C7H5Cl2NO2S4.C2H4O3/c8-15-13-5-2-1-4(10-7(11)12)3-6(5)14-16-9;3-1-2(4)5/h1-3,10H,(H,11,12);3H,1H2,(H,4,5). The highest BCUT2D eigenvalue weighted by Gasteiger charge is 2.07. The lowest BCUT2D eigenvalue weighted by molar-refractivity contribution is -0.140. The maximum absolute atomic E-state index is 10.5. The van der Waals surface area contributed by atoms with Gasteiger partial charge in [-0.25, -0.2) is 9.59 Å². The van der Waals surface area contributed by atoms with Crippen LogP contribution in [-0.4, -0.2) is 34.0 Å². The summed E-state index contributed by atoms with van der Waals surface area (Å²) in [6, 6.07) is 5.18. The lowest BCUT2D eigenvalue weighted by Crippen LogP contribution is -2.06. The third-order valence-electron chi connectivity index (χ3n) is 1.57. The minimum atomic E-state index is -1.19. The second-order valence-corrected chi connectivity index (χ2v) is 8.42. The monoisotopic (exact) mass is 409 g/mol. The van der Waals surface area contributed by atoms with Crippen molar-refractivity contribution in [3.8, 4) is 0 Å². The summed E-state index contributed by atoms with van der Waals surface area (Å²) in [5.74, 6) is -1.19. The molecule has 0 saturated carbocycles. The van der Waals surface area contributed by atoms with E-state index in [0.717, 1.165) is 29.8 Å². The number of aliphatic hydroxyl groups is 1. The number of hydrogen-bond acceptors (Lipinski definition) is 7. The van der Waals surface area contributed by atoms with E-state index < -0.39 is 18.7 Å². The van der Waals surface area contributed by atoms with Crippen molar-refractivity contribution in [1.82, 2.24) is 0 Å². The molecule has 0 heterocycles. The number of nitrogens with one attached hydrogen (secondary N) is 1. The first-order chi connectivity index (χ1) is 9.94. The molecule has 1 aromatic carbocycles. The van der Waals surface area contributed by atoms with Gasteiger partial charge in [0.25, 0.3) is 0 Å². The molecule has 118 valence electrons. The number of aliphatic hydroxyl groups excluding tert-OH is 1. The Kier molecular flexibility index (Phi) is 12.4. The van der Waals surface area contributed by atoms with Gasteiger partial charge in [0, 0.05) is 35.5 Å². The molecule has 12 heteroatoms. The maximum Gasteiger partial charge on any atom is 0.409 e. The number of benzene rings is 1. The first-order valence-electron chi connectivity index (χ1n) is 4.81. The summed E-state index contributed by atoms with van der Waals surface area (Å²) in [5, 5.41) is 25.9. The fourth-order valence-corrected chi connectivity index (χ4v) is 4.68. The first kappa shape index (κ1) is 20.9. The Balaban J connectivity index is 0.000000690. The predicted octanol–water partition coefficient (Wildman–Crippen LogP) is 4.63. The number of aliphatic carboxylic acids is 1. The van der Waals surface area contributed by atoms with Crippen molar-refractivity contribution in [2.24, 2.45) is 0 Å². The van der Waals surface area contributed by atoms with Crippen molar-refractivity contribution in [1.29, 1.82) is 0 Å². The SMILES string of the molecule is O=C(O)CO.O=C(O)Nc1ccc(SSCl)c(SSCl)c1. The topological polar surface area (TPSA) is 107 Å². The number of carboxylic acids is 1. The van der Waals surface area contributed by atoms with Crippen LogP contribution in [0.2, 0.25) is 0 Å². The molecule has 4 N–H and O–H groups in total. The Bertz CT molecular complexity index is 479. The highest BCUT2D eigenvalue weighted by molar-refractivity contribution is 8.86. The van der Waals surface area contributed by atoms with E-state index in [-0.39, 0.29) is 0 Å². The van der Waals surface area contributed by atoms with E-state index in [4.69, 9.17) is 41.5 Å². The molecule has 1 amide bonds. The Morgan fingerprint density at radius 3 is 2.05 bits per heavy atom. The Morgan fingerprint density at radius 2 is 1.62 bits per heavy atom. The molecule has 0 atom stereocenters. The highest BCUT2D eigenvalue weighted by Crippen LogP contribution is 2.45. The Morgan fingerprint density at radius 1 is 1.10 bits per heavy atom. The van der Waals surface area contributed by atoms with Gasteiger partial charge in [-0.1, -0.05) is 0 Å². The molecule has 0 saturated heterocycles. The van der Waals surface area contributed by atoms with Gasteiger partial charge in [-0.2, -0.15) is 0 Å². The number of amides is 1. The third-order valence-corrected chi connectivity index (χ3v) is 5.47. The van der Waals surface area contributed by atoms with E-state index >= 15 is 0 Å². The summed E-state index contributed by atoms with van der Waals surface area (Å²) < 4.78 is 0. The van der Waals surface area contributed by atoms with E-state index in [9.17, 15) is 4.79 Å². The second kappa shape index (κ2) is 12.4. The van der Waals surface area contributed by atoms with Crippen LogP contribution >= 0.6 is 63.0 Å². The number of rotatable bonds is 6. The molecule has 1 rings (SSSR count). The van der Waals surface area contributed by atoms with Crippen molar-refractivity contribution < 1.29 is 24.9 Å². The fourth-order valence-electron chi connectivity index (χ4n) is 0.911. The van der Waals surface area contributed by atoms with Crippen LogP contribution in [0.3, 0.4) is 0 Å². The van der Waals surface area contributed by atoms with Crippen LogP contribution in [0.25, 0.3) is 0 Å². The lowest BCUT2D eigenvalue weighted by Gasteiger charge is -2.07. The zero-order valence-corrected chi connectivity index (χ0v) is 14.8. The first-order valence-corrected chi connectivity index (χ1v) is 10.8. The molecule has 0 aliphatic carbocycles. The summed E-state index contributed by atoms with van der Waals surface area (Å²) in [6.07, 6.45) is -1.10. The molecule has 0 bridgehead atoms. The van der Waals surface area contributed by atoms with Crippen molar-refractivity contribution in [3.63, 3.8) is 0 Å². The average Bonchev–Trinajstić information content (AvgIpc) is 2.42. The molecule has 0 aliphatic heterocycles. The van der Waals surface area contributed by atoms with Crippen LogP contribution in [0.1, 0.15) is 0 Å². The highest BCUT2D eigenvalue weighted by atomic mass is 35.7. The van der Waals surface area contributed by atoms with Crippen LogP contribution in [0, 0.1) is 0 Å². The Labute approximate surface area is 145 Å². The van der Waals surface area contributed by atoms with Gasteiger partial charge in [0.05, 0.1) is 0 Å². The zero-order valence-electron chi connectivity index (χ0n) is 9.99. The lowest BCUT2D eigenvalue weighted by atomic mass is 10.3. The summed E-state index contributed by atoms with van der Waals surface area (Å²) in [5.41, 5.74) is 0.504. The quantitative estimate of drug-likeness (QED) is 0.500. The van der Waals surface area contributed by atoms with Crippen molar-refractivity contribution in [2.75, 3.05) is 11.9 Å². The number of halogens is 2. The van der Waals surface area contributed by atoms with Crippen LogP contribution in [-0.2, 0) is 4.79 Å². The second-order valence-electron chi connectivity index (χ2n) is 2.94. The summed E-state index contributed by atoms with van der Waals surface area (Å²) in [7, 11) is 16.0. The van der Waals surface area contributed by atoms with Gasteiger partial charge in [0.1, 0.15) is 6.61 Å². The molecular formula is C9H9Cl2NO5S4. The normalized spacial score (nSPS) is 9.48. The maximum atomic E-state index is 10.5. The van der Waals surface area contributed by atoms with E-state index in [1.54, 1.807) is 18.2 Å². The molecule has 0 radical (unpaired) electrons. The van der Waals surface area contributed by atoms with Crippen molar-refractivity contribution >= 4 is 80.7 Å². The number of anilines is 1. The van der Waals surface area contributed by atoms with E-state index in [1.807, 2.05) is 0 Å². The largest absolute Gasteiger partial charge is 0.480 e. The van der Waals surface area contributed by atoms with Crippen molar-refractivity contribution in [2.45, 2.75) is 9.79 Å².